The van der Waals surface area contributed by atoms with Crippen LogP contribution < -0.4 is 11.1 Å². The van der Waals surface area contributed by atoms with Gasteiger partial charge < -0.3 is 5.73 Å². The van der Waals surface area contributed by atoms with Gasteiger partial charge in [0, 0.05) is 11.3 Å². The lowest BCUT2D eigenvalue weighted by atomic mass is 10.2. The topological polar surface area (TPSA) is 80.9 Å². The Morgan fingerprint density at radius 1 is 1.35 bits per heavy atom. The highest BCUT2D eigenvalue weighted by molar-refractivity contribution is 8.00. The number of aromatic nitrogens is 2. The van der Waals surface area contributed by atoms with Crippen molar-refractivity contribution >= 4 is 34.1 Å². The molecule has 106 valence electrons. The molecule has 0 saturated carbocycles. The number of nitrogens with two attached hydrogens (primary N) is 1. The molecule has 3 N–H and O–H groups in total. The minimum absolute atomic E-state index is 0.0778. The third-order valence-corrected chi connectivity index (χ3v) is 4.37. The van der Waals surface area contributed by atoms with Crippen LogP contribution in [0.25, 0.3) is 0 Å². The van der Waals surface area contributed by atoms with Gasteiger partial charge in [-0.15, -0.1) is 22.0 Å². The van der Waals surface area contributed by atoms with Gasteiger partial charge in [0.2, 0.25) is 11.0 Å². The van der Waals surface area contributed by atoms with Crippen LogP contribution in [0.5, 0.6) is 0 Å². The van der Waals surface area contributed by atoms with E-state index in [1.165, 1.54) is 28.7 Å². The van der Waals surface area contributed by atoms with E-state index < -0.39 is 0 Å². The zero-order valence-corrected chi connectivity index (χ0v) is 12.8. The summed E-state index contributed by atoms with van der Waals surface area (Å²) < 4.78 is 0. The molecule has 1 amide bonds. The van der Waals surface area contributed by atoms with Crippen LogP contribution in [0.3, 0.4) is 0 Å². The van der Waals surface area contributed by atoms with Crippen molar-refractivity contribution in [1.29, 1.82) is 0 Å². The summed E-state index contributed by atoms with van der Waals surface area (Å²) in [5, 5.41) is 12.0. The Balaban J connectivity index is 1.81. The van der Waals surface area contributed by atoms with Crippen LogP contribution in [0.4, 0.5) is 5.13 Å². The number of nitrogens with zero attached hydrogens (tertiary/aromatic N) is 2. The van der Waals surface area contributed by atoms with E-state index in [0.717, 1.165) is 9.90 Å². The van der Waals surface area contributed by atoms with Crippen molar-refractivity contribution in [3.05, 3.63) is 34.8 Å². The van der Waals surface area contributed by atoms with Gasteiger partial charge in [-0.05, 0) is 25.6 Å². The molecule has 2 aromatic rings. The van der Waals surface area contributed by atoms with Gasteiger partial charge in [0.15, 0.2) is 0 Å². The first-order valence-corrected chi connectivity index (χ1v) is 7.99. The molecular weight excluding hydrogens is 292 g/mol. The number of carbonyl (C=O) groups is 1. The van der Waals surface area contributed by atoms with E-state index in [9.17, 15) is 4.79 Å². The molecule has 0 aliphatic rings. The maximum Gasteiger partial charge on any atom is 0.236 e. The van der Waals surface area contributed by atoms with E-state index in [1.54, 1.807) is 0 Å². The lowest BCUT2D eigenvalue weighted by Crippen LogP contribution is -2.13. The average Bonchev–Trinajstić information content (AvgIpc) is 2.86. The fraction of sp³-hybridized carbons (Fsp3) is 0.308. The quantitative estimate of drug-likeness (QED) is 0.799. The Kier molecular flexibility index (Phi) is 5.51. The SMILES string of the molecule is Cc1ccc(SCC(=O)Nc2nnc(CCN)s2)cc1. The van der Waals surface area contributed by atoms with Crippen LogP contribution in [0.2, 0.25) is 0 Å². The van der Waals surface area contributed by atoms with Crippen molar-refractivity contribution in [2.75, 3.05) is 17.6 Å². The van der Waals surface area contributed by atoms with Crippen LogP contribution in [0.1, 0.15) is 10.6 Å². The standard InChI is InChI=1S/C13H16N4OS2/c1-9-2-4-10(5-3-9)19-8-11(18)15-13-17-16-12(20-13)6-7-14/h2-5H,6-8,14H2,1H3,(H,15,17,18). The molecule has 1 aromatic carbocycles. The van der Waals surface area contributed by atoms with E-state index in [0.29, 0.717) is 23.8 Å². The zero-order valence-electron chi connectivity index (χ0n) is 11.1. The fourth-order valence-corrected chi connectivity index (χ4v) is 2.94. The first-order chi connectivity index (χ1) is 9.67. The van der Waals surface area contributed by atoms with Gasteiger partial charge in [-0.2, -0.15) is 0 Å². The summed E-state index contributed by atoms with van der Waals surface area (Å²) >= 11 is 2.86. The molecule has 0 saturated heterocycles. The minimum atomic E-state index is -0.0778. The number of benzene rings is 1. The van der Waals surface area contributed by atoms with Gasteiger partial charge in [-0.1, -0.05) is 29.0 Å². The highest BCUT2D eigenvalue weighted by Crippen LogP contribution is 2.19. The van der Waals surface area contributed by atoms with Gasteiger partial charge in [-0.3, -0.25) is 10.1 Å². The summed E-state index contributed by atoms with van der Waals surface area (Å²) in [6.45, 7) is 2.57. The Bertz CT molecular complexity index is 568. The van der Waals surface area contributed by atoms with Gasteiger partial charge in [0.05, 0.1) is 5.75 Å². The third kappa shape index (κ3) is 4.59. The maximum absolute atomic E-state index is 11.8. The Labute approximate surface area is 126 Å². The number of carbonyl (C=O) groups excluding carboxylic acids is 1. The zero-order chi connectivity index (χ0) is 14.4. The lowest BCUT2D eigenvalue weighted by Gasteiger charge is -2.02. The van der Waals surface area contributed by atoms with Crippen molar-refractivity contribution in [2.24, 2.45) is 5.73 Å². The van der Waals surface area contributed by atoms with Crippen molar-refractivity contribution in [1.82, 2.24) is 10.2 Å². The fourth-order valence-electron chi connectivity index (χ4n) is 1.47. The Hall–Kier alpha value is -1.44. The molecule has 0 fully saturated rings. The molecule has 1 aromatic heterocycles. The first kappa shape index (κ1) is 15.0. The van der Waals surface area contributed by atoms with Crippen LogP contribution >= 0.6 is 23.1 Å². The number of rotatable bonds is 6. The van der Waals surface area contributed by atoms with E-state index >= 15 is 0 Å². The second-order valence-electron chi connectivity index (χ2n) is 4.19. The summed E-state index contributed by atoms with van der Waals surface area (Å²) in [5.74, 6) is 0.278. The predicted octanol–water partition coefficient (Wildman–Crippen LogP) is 2.08. The number of amides is 1. The first-order valence-electron chi connectivity index (χ1n) is 6.19. The molecule has 0 bridgehead atoms. The molecule has 1 heterocycles. The summed E-state index contributed by atoms with van der Waals surface area (Å²) in [7, 11) is 0. The number of hydrogen-bond donors (Lipinski definition) is 2. The summed E-state index contributed by atoms with van der Waals surface area (Å²) in [4.78, 5) is 12.9. The largest absolute Gasteiger partial charge is 0.330 e. The summed E-state index contributed by atoms with van der Waals surface area (Å²) in [6, 6.07) is 8.09. The van der Waals surface area contributed by atoms with Crippen LogP contribution in [0.15, 0.2) is 29.2 Å². The molecule has 7 heteroatoms. The van der Waals surface area contributed by atoms with Crippen molar-refractivity contribution in [3.8, 4) is 0 Å². The van der Waals surface area contributed by atoms with E-state index in [4.69, 9.17) is 5.73 Å². The summed E-state index contributed by atoms with van der Waals surface area (Å²) in [6.07, 6.45) is 0.686. The van der Waals surface area contributed by atoms with Gasteiger partial charge >= 0.3 is 0 Å². The van der Waals surface area contributed by atoms with Crippen molar-refractivity contribution in [2.45, 2.75) is 18.2 Å². The highest BCUT2D eigenvalue weighted by Gasteiger charge is 2.08. The normalized spacial score (nSPS) is 10.5. The molecule has 0 aliphatic carbocycles. The van der Waals surface area contributed by atoms with E-state index in [1.807, 2.05) is 31.2 Å². The highest BCUT2D eigenvalue weighted by atomic mass is 32.2. The van der Waals surface area contributed by atoms with Gasteiger partial charge in [-0.25, -0.2) is 0 Å². The molecule has 0 spiro atoms. The van der Waals surface area contributed by atoms with E-state index in [2.05, 4.69) is 15.5 Å². The molecule has 0 unspecified atom stereocenters. The van der Waals surface area contributed by atoms with E-state index in [-0.39, 0.29) is 5.91 Å². The number of hydrogen-bond acceptors (Lipinski definition) is 6. The number of aryl methyl sites for hydroxylation is 1. The third-order valence-electron chi connectivity index (χ3n) is 2.46. The maximum atomic E-state index is 11.8. The summed E-state index contributed by atoms with van der Waals surface area (Å²) in [5.41, 5.74) is 6.65. The van der Waals surface area contributed by atoms with Crippen molar-refractivity contribution in [3.63, 3.8) is 0 Å². The molecule has 5 nitrogen and oxygen atoms in total. The lowest BCUT2D eigenvalue weighted by molar-refractivity contribution is -0.113. The molecular formula is C13H16N4OS2. The molecule has 0 aliphatic heterocycles. The minimum Gasteiger partial charge on any atom is -0.330 e. The van der Waals surface area contributed by atoms with Gasteiger partial charge in [0.1, 0.15) is 5.01 Å². The second kappa shape index (κ2) is 7.37. The Morgan fingerprint density at radius 2 is 2.10 bits per heavy atom. The number of thioether (sulfide) groups is 1. The van der Waals surface area contributed by atoms with Crippen LogP contribution in [-0.2, 0) is 11.2 Å². The molecule has 20 heavy (non-hydrogen) atoms. The average molecular weight is 308 g/mol. The monoisotopic (exact) mass is 308 g/mol. The molecule has 0 atom stereocenters. The smallest absolute Gasteiger partial charge is 0.236 e. The number of anilines is 1. The van der Waals surface area contributed by atoms with Gasteiger partial charge in [0.25, 0.3) is 0 Å². The molecule has 0 radical (unpaired) electrons. The predicted molar refractivity (Wildman–Crippen MR) is 83.2 cm³/mol. The van der Waals surface area contributed by atoms with Crippen LogP contribution in [-0.4, -0.2) is 28.4 Å². The molecule has 2 rings (SSSR count). The Morgan fingerprint density at radius 3 is 2.80 bits per heavy atom. The van der Waals surface area contributed by atoms with Crippen LogP contribution in [0, 0.1) is 6.92 Å². The second-order valence-corrected chi connectivity index (χ2v) is 6.30. The number of nitrogens with one attached hydrogen (secondary N) is 1. The van der Waals surface area contributed by atoms with Crippen molar-refractivity contribution < 1.29 is 4.79 Å².